The van der Waals surface area contributed by atoms with E-state index in [1.54, 1.807) is 0 Å². The van der Waals surface area contributed by atoms with Gasteiger partial charge >= 0.3 is 0 Å². The summed E-state index contributed by atoms with van der Waals surface area (Å²) in [5, 5.41) is 4.69. The van der Waals surface area contributed by atoms with Crippen molar-refractivity contribution < 1.29 is 4.74 Å². The van der Waals surface area contributed by atoms with Crippen molar-refractivity contribution in [1.29, 1.82) is 0 Å². The Balaban J connectivity index is 1.67. The Labute approximate surface area is 157 Å². The van der Waals surface area contributed by atoms with Gasteiger partial charge in [-0.05, 0) is 50.8 Å². The summed E-state index contributed by atoms with van der Waals surface area (Å²) < 4.78 is 5.90. The first kappa shape index (κ1) is 18.9. The fourth-order valence-electron chi connectivity index (χ4n) is 3.75. The Bertz CT molecular complexity index is 674. The van der Waals surface area contributed by atoms with Crippen molar-refractivity contribution in [2.75, 3.05) is 38.4 Å². The molecule has 1 aliphatic heterocycles. The predicted molar refractivity (Wildman–Crippen MR) is 107 cm³/mol. The minimum atomic E-state index is 0.220. The van der Waals surface area contributed by atoms with E-state index in [9.17, 15) is 0 Å². The molecular formula is C22H31N3O. The van der Waals surface area contributed by atoms with E-state index in [1.165, 1.54) is 12.0 Å². The second kappa shape index (κ2) is 8.65. The van der Waals surface area contributed by atoms with Gasteiger partial charge in [0, 0.05) is 37.9 Å². The number of aromatic nitrogens is 1. The van der Waals surface area contributed by atoms with E-state index in [4.69, 9.17) is 4.74 Å². The monoisotopic (exact) mass is 353 g/mol. The number of hydrazine groups is 1. The van der Waals surface area contributed by atoms with Crippen LogP contribution in [-0.2, 0) is 11.2 Å². The first-order valence-electron chi connectivity index (χ1n) is 9.65. The van der Waals surface area contributed by atoms with E-state index in [-0.39, 0.29) is 5.41 Å². The fraction of sp³-hybridized carbons (Fsp3) is 0.500. The molecule has 1 aliphatic rings. The van der Waals surface area contributed by atoms with Gasteiger partial charge in [0.15, 0.2) is 0 Å². The van der Waals surface area contributed by atoms with Crippen molar-refractivity contribution in [3.8, 4) is 0 Å². The summed E-state index contributed by atoms with van der Waals surface area (Å²) in [6, 6.07) is 15.0. The molecule has 1 aromatic heterocycles. The van der Waals surface area contributed by atoms with Crippen LogP contribution in [0, 0.1) is 12.3 Å². The zero-order chi connectivity index (χ0) is 18.4. The molecule has 2 heterocycles. The zero-order valence-electron chi connectivity index (χ0n) is 16.3. The van der Waals surface area contributed by atoms with Gasteiger partial charge in [0.05, 0.1) is 18.5 Å². The van der Waals surface area contributed by atoms with Gasteiger partial charge < -0.3 is 9.75 Å². The molecule has 26 heavy (non-hydrogen) atoms. The van der Waals surface area contributed by atoms with Crippen molar-refractivity contribution in [2.24, 2.45) is 5.41 Å². The van der Waals surface area contributed by atoms with Gasteiger partial charge in [-0.15, -0.1) is 0 Å². The lowest BCUT2D eigenvalue weighted by Crippen LogP contribution is -2.41. The van der Waals surface area contributed by atoms with Crippen LogP contribution < -0.4 is 5.01 Å². The van der Waals surface area contributed by atoms with Crippen LogP contribution in [0.1, 0.15) is 31.0 Å². The van der Waals surface area contributed by atoms with Crippen LogP contribution in [0.2, 0.25) is 0 Å². The summed E-state index contributed by atoms with van der Waals surface area (Å²) in [5.74, 6) is 0. The van der Waals surface area contributed by atoms with Crippen LogP contribution in [0.15, 0.2) is 48.7 Å². The maximum Gasteiger partial charge on any atom is 0.0702 e. The van der Waals surface area contributed by atoms with Crippen LogP contribution in [0.25, 0.3) is 0 Å². The number of benzene rings is 1. The van der Waals surface area contributed by atoms with E-state index in [1.807, 2.05) is 13.1 Å². The summed E-state index contributed by atoms with van der Waals surface area (Å²) in [7, 11) is 2.14. The molecular weight excluding hydrogens is 322 g/mol. The Morgan fingerprint density at radius 2 is 2.00 bits per heavy atom. The maximum atomic E-state index is 5.90. The highest BCUT2D eigenvalue weighted by atomic mass is 16.5. The van der Waals surface area contributed by atoms with Gasteiger partial charge in [0.2, 0.25) is 0 Å². The standard InChI is InChI=1S/C22H31N3O/c1-4-26-18-22(13-12-20-8-6-5-7-9-20)14-15-25(17-22)24(3)21-11-10-19(2)23-16-21/h5-11,16H,4,12-15,17-18H2,1-3H3. The Hall–Kier alpha value is -1.91. The second-order valence-electron chi connectivity index (χ2n) is 7.44. The molecule has 0 saturated carbocycles. The van der Waals surface area contributed by atoms with Gasteiger partial charge in [-0.1, -0.05) is 30.3 Å². The Morgan fingerprint density at radius 1 is 1.19 bits per heavy atom. The average molecular weight is 354 g/mol. The number of rotatable bonds is 8. The molecule has 1 aromatic carbocycles. The van der Waals surface area contributed by atoms with Crippen LogP contribution in [0.3, 0.4) is 0 Å². The van der Waals surface area contributed by atoms with Crippen molar-refractivity contribution in [1.82, 2.24) is 9.99 Å². The van der Waals surface area contributed by atoms with Crippen LogP contribution in [0.5, 0.6) is 0 Å². The van der Waals surface area contributed by atoms with Crippen molar-refractivity contribution in [3.05, 3.63) is 59.9 Å². The molecule has 140 valence electrons. The summed E-state index contributed by atoms with van der Waals surface area (Å²) in [6.45, 7) is 7.83. The van der Waals surface area contributed by atoms with Gasteiger partial charge in [-0.3, -0.25) is 4.98 Å². The van der Waals surface area contributed by atoms with E-state index >= 15 is 0 Å². The quantitative estimate of drug-likeness (QED) is 0.714. The molecule has 0 N–H and O–H groups in total. The number of pyridine rings is 1. The SMILES string of the molecule is CCOCC1(CCc2ccccc2)CCN(N(C)c2ccc(C)nc2)C1. The molecule has 0 amide bonds. The van der Waals surface area contributed by atoms with E-state index in [0.29, 0.717) is 0 Å². The fourth-order valence-corrected chi connectivity index (χ4v) is 3.75. The van der Waals surface area contributed by atoms with E-state index in [0.717, 1.165) is 50.5 Å². The van der Waals surface area contributed by atoms with Gasteiger partial charge in [-0.2, -0.15) is 0 Å². The Kier molecular flexibility index (Phi) is 6.28. The number of anilines is 1. The van der Waals surface area contributed by atoms with Crippen molar-refractivity contribution >= 4 is 5.69 Å². The molecule has 0 spiro atoms. The number of ether oxygens (including phenoxy) is 1. The minimum Gasteiger partial charge on any atom is -0.381 e. The topological polar surface area (TPSA) is 28.6 Å². The highest BCUT2D eigenvalue weighted by Gasteiger charge is 2.39. The molecule has 1 saturated heterocycles. The van der Waals surface area contributed by atoms with E-state index < -0.39 is 0 Å². The molecule has 1 atom stereocenters. The summed E-state index contributed by atoms with van der Waals surface area (Å²) >= 11 is 0. The summed E-state index contributed by atoms with van der Waals surface area (Å²) in [6.07, 6.45) is 5.40. The smallest absolute Gasteiger partial charge is 0.0702 e. The summed E-state index contributed by atoms with van der Waals surface area (Å²) in [5.41, 5.74) is 3.83. The molecule has 0 bridgehead atoms. The molecule has 1 fully saturated rings. The molecule has 1 unspecified atom stereocenters. The molecule has 2 aromatic rings. The lowest BCUT2D eigenvalue weighted by atomic mass is 9.82. The van der Waals surface area contributed by atoms with Crippen LogP contribution in [0.4, 0.5) is 5.69 Å². The largest absolute Gasteiger partial charge is 0.381 e. The van der Waals surface area contributed by atoms with Gasteiger partial charge in [-0.25, -0.2) is 5.01 Å². The third kappa shape index (κ3) is 4.63. The lowest BCUT2D eigenvalue weighted by Gasteiger charge is -2.33. The summed E-state index contributed by atoms with van der Waals surface area (Å²) in [4.78, 5) is 4.44. The zero-order valence-corrected chi connectivity index (χ0v) is 16.3. The number of hydrogen-bond donors (Lipinski definition) is 0. The minimum absolute atomic E-state index is 0.220. The molecule has 0 radical (unpaired) electrons. The van der Waals surface area contributed by atoms with Crippen LogP contribution in [-0.4, -0.2) is 43.3 Å². The number of hydrogen-bond acceptors (Lipinski definition) is 4. The normalized spacial score (nSPS) is 20.4. The van der Waals surface area contributed by atoms with E-state index in [2.05, 4.69) is 71.4 Å². The predicted octanol–water partition coefficient (Wildman–Crippen LogP) is 4.10. The van der Waals surface area contributed by atoms with Gasteiger partial charge in [0.25, 0.3) is 0 Å². The average Bonchev–Trinajstić information content (AvgIpc) is 3.10. The third-order valence-corrected chi connectivity index (χ3v) is 5.51. The molecule has 0 aliphatic carbocycles. The van der Waals surface area contributed by atoms with Gasteiger partial charge in [0.1, 0.15) is 0 Å². The third-order valence-electron chi connectivity index (χ3n) is 5.51. The molecule has 3 rings (SSSR count). The highest BCUT2D eigenvalue weighted by Crippen LogP contribution is 2.37. The van der Waals surface area contributed by atoms with Crippen molar-refractivity contribution in [3.63, 3.8) is 0 Å². The Morgan fingerprint density at radius 3 is 2.69 bits per heavy atom. The molecule has 4 heteroatoms. The lowest BCUT2D eigenvalue weighted by molar-refractivity contribution is 0.0490. The number of nitrogens with zero attached hydrogens (tertiary/aromatic N) is 3. The number of aryl methyl sites for hydroxylation is 2. The highest BCUT2D eigenvalue weighted by molar-refractivity contribution is 5.42. The van der Waals surface area contributed by atoms with Crippen molar-refractivity contribution in [2.45, 2.75) is 33.1 Å². The molecule has 4 nitrogen and oxygen atoms in total. The first-order valence-corrected chi connectivity index (χ1v) is 9.65. The van der Waals surface area contributed by atoms with Crippen LogP contribution >= 0.6 is 0 Å². The first-order chi connectivity index (χ1) is 12.6. The second-order valence-corrected chi connectivity index (χ2v) is 7.44. The maximum absolute atomic E-state index is 5.90.